The Balaban J connectivity index is 1.58. The van der Waals surface area contributed by atoms with Crippen molar-refractivity contribution in [3.63, 3.8) is 0 Å². The van der Waals surface area contributed by atoms with Crippen LogP contribution in [0.1, 0.15) is 22.4 Å². The minimum atomic E-state index is -0.352. The highest BCUT2D eigenvalue weighted by atomic mass is 16.2. The van der Waals surface area contributed by atoms with Crippen LogP contribution >= 0.6 is 0 Å². The van der Waals surface area contributed by atoms with Crippen LogP contribution < -0.4 is 5.32 Å². The molecule has 1 aromatic heterocycles. The molecule has 0 radical (unpaired) electrons. The molecule has 112 valence electrons. The molecule has 2 aromatic rings. The molecule has 5 nitrogen and oxygen atoms in total. The Kier molecular flexibility index (Phi) is 3.87. The van der Waals surface area contributed by atoms with Gasteiger partial charge in [0.25, 0.3) is 0 Å². The summed E-state index contributed by atoms with van der Waals surface area (Å²) >= 11 is 0. The predicted molar refractivity (Wildman–Crippen MR) is 81.9 cm³/mol. The molecule has 0 atom stereocenters. The molecule has 0 aliphatic carbocycles. The number of amides is 3. The van der Waals surface area contributed by atoms with E-state index in [1.165, 1.54) is 0 Å². The second-order valence-corrected chi connectivity index (χ2v) is 5.47. The number of hydrogen-bond donors (Lipinski definition) is 1. The number of rotatable bonds is 2. The summed E-state index contributed by atoms with van der Waals surface area (Å²) < 4.78 is 0. The lowest BCUT2D eigenvalue weighted by atomic mass is 10.1. The van der Waals surface area contributed by atoms with Gasteiger partial charge in [0.1, 0.15) is 0 Å². The Bertz CT molecular complexity index is 713. The van der Waals surface area contributed by atoms with E-state index in [1.54, 1.807) is 11.1 Å². The van der Waals surface area contributed by atoms with Crippen LogP contribution in [0.4, 0.5) is 4.79 Å². The van der Waals surface area contributed by atoms with Crippen molar-refractivity contribution < 1.29 is 9.59 Å². The van der Waals surface area contributed by atoms with Gasteiger partial charge in [0.15, 0.2) is 0 Å². The summed E-state index contributed by atoms with van der Waals surface area (Å²) in [5, 5.41) is 2.45. The third-order valence-corrected chi connectivity index (χ3v) is 3.68. The zero-order valence-corrected chi connectivity index (χ0v) is 12.4. The maximum atomic E-state index is 12.2. The third-order valence-electron chi connectivity index (χ3n) is 3.68. The summed E-state index contributed by atoms with van der Waals surface area (Å²) in [4.78, 5) is 30.0. The minimum Gasteiger partial charge on any atom is -0.316 e. The molecule has 0 unspecified atom stereocenters. The van der Waals surface area contributed by atoms with Crippen molar-refractivity contribution in [1.82, 2.24) is 15.2 Å². The van der Waals surface area contributed by atoms with Crippen molar-refractivity contribution in [2.45, 2.75) is 26.4 Å². The van der Waals surface area contributed by atoms with E-state index in [0.29, 0.717) is 13.1 Å². The number of carbonyl (C=O) groups excluding carboxylic acids is 2. The number of hydrogen-bond acceptors (Lipinski definition) is 3. The lowest BCUT2D eigenvalue weighted by Gasteiger charge is -2.15. The predicted octanol–water partition coefficient (Wildman–Crippen LogP) is 2.18. The molecule has 2 heterocycles. The van der Waals surface area contributed by atoms with Gasteiger partial charge in [-0.05, 0) is 29.7 Å². The maximum absolute atomic E-state index is 12.2. The van der Waals surface area contributed by atoms with Crippen LogP contribution in [0, 0.1) is 6.92 Å². The molecule has 1 aliphatic rings. The topological polar surface area (TPSA) is 62.3 Å². The number of benzene rings is 1. The summed E-state index contributed by atoms with van der Waals surface area (Å²) in [7, 11) is 0. The van der Waals surface area contributed by atoms with E-state index in [2.05, 4.69) is 10.3 Å². The van der Waals surface area contributed by atoms with Gasteiger partial charge < -0.3 is 4.90 Å². The number of fused-ring (bicyclic) bond motifs is 1. The lowest BCUT2D eigenvalue weighted by molar-refractivity contribution is -0.119. The zero-order chi connectivity index (χ0) is 15.5. The lowest BCUT2D eigenvalue weighted by Crippen LogP contribution is -2.40. The Hall–Kier alpha value is -2.69. The van der Waals surface area contributed by atoms with Crippen molar-refractivity contribution in [3.8, 4) is 0 Å². The molecule has 1 aliphatic heterocycles. The number of nitrogens with zero attached hydrogens (tertiary/aromatic N) is 2. The minimum absolute atomic E-state index is 0.202. The normalized spacial score (nSPS) is 12.9. The maximum Gasteiger partial charge on any atom is 0.324 e. The van der Waals surface area contributed by atoms with Crippen LogP contribution in [0.5, 0.6) is 0 Å². The Labute approximate surface area is 129 Å². The second kappa shape index (κ2) is 5.97. The molecule has 1 aromatic carbocycles. The van der Waals surface area contributed by atoms with Gasteiger partial charge in [-0.1, -0.05) is 30.3 Å². The van der Waals surface area contributed by atoms with E-state index in [9.17, 15) is 9.59 Å². The molecule has 0 fully saturated rings. The molecule has 3 rings (SSSR count). The van der Waals surface area contributed by atoms with Crippen molar-refractivity contribution in [3.05, 3.63) is 65.0 Å². The Morgan fingerprint density at radius 1 is 1.18 bits per heavy atom. The van der Waals surface area contributed by atoms with Crippen LogP contribution in [-0.2, 0) is 24.3 Å². The fourth-order valence-corrected chi connectivity index (χ4v) is 2.57. The van der Waals surface area contributed by atoms with Gasteiger partial charge >= 0.3 is 6.03 Å². The molecule has 22 heavy (non-hydrogen) atoms. The number of carbonyl (C=O) groups is 2. The summed E-state index contributed by atoms with van der Waals surface area (Å²) in [6.07, 6.45) is 2.00. The first-order chi connectivity index (χ1) is 10.6. The molecular formula is C17H17N3O2. The van der Waals surface area contributed by atoms with Crippen LogP contribution in [0.2, 0.25) is 0 Å². The Morgan fingerprint density at radius 2 is 1.91 bits per heavy atom. The van der Waals surface area contributed by atoms with Crippen LogP contribution in [-0.4, -0.2) is 21.8 Å². The number of imide groups is 1. The molecule has 3 amide bonds. The summed E-state index contributed by atoms with van der Waals surface area (Å²) in [6, 6.07) is 11.0. The standard InChI is InChI=1S/C17H17N3O2/c1-12-7-14-10-20(11-15(14)9-18-12)17(22)19-16(21)8-13-5-3-2-4-6-13/h2-7,9H,8,10-11H2,1H3,(H,19,21,22). The van der Waals surface area contributed by atoms with E-state index < -0.39 is 0 Å². The number of pyridine rings is 1. The fraction of sp³-hybridized carbons (Fsp3) is 0.235. The SMILES string of the molecule is Cc1cc2c(cn1)CN(C(=O)NC(=O)Cc1ccccc1)C2. The zero-order valence-electron chi connectivity index (χ0n) is 12.4. The quantitative estimate of drug-likeness (QED) is 0.923. The van der Waals surface area contributed by atoms with Gasteiger partial charge in [0.2, 0.25) is 5.91 Å². The number of nitrogens with one attached hydrogen (secondary N) is 1. The highest BCUT2D eigenvalue weighted by Crippen LogP contribution is 2.22. The Morgan fingerprint density at radius 3 is 2.68 bits per heavy atom. The molecule has 1 N–H and O–H groups in total. The summed E-state index contributed by atoms with van der Waals surface area (Å²) in [6.45, 7) is 2.93. The molecule has 0 spiro atoms. The average molecular weight is 295 g/mol. The average Bonchev–Trinajstić information content (AvgIpc) is 2.91. The van der Waals surface area contributed by atoms with Crippen molar-refractivity contribution in [2.75, 3.05) is 0 Å². The first-order valence-electron chi connectivity index (χ1n) is 7.19. The van der Waals surface area contributed by atoms with Crippen molar-refractivity contribution in [2.24, 2.45) is 0 Å². The summed E-state index contributed by atoms with van der Waals surface area (Å²) in [5.41, 5.74) is 3.95. The first kappa shape index (κ1) is 14.3. The smallest absolute Gasteiger partial charge is 0.316 e. The van der Waals surface area contributed by atoms with E-state index in [0.717, 1.165) is 22.4 Å². The number of urea groups is 1. The molecule has 0 bridgehead atoms. The van der Waals surface area contributed by atoms with Gasteiger partial charge in [0.05, 0.1) is 6.42 Å². The number of aryl methyl sites for hydroxylation is 1. The van der Waals surface area contributed by atoms with Gasteiger partial charge in [-0.2, -0.15) is 0 Å². The van der Waals surface area contributed by atoms with Gasteiger partial charge in [-0.15, -0.1) is 0 Å². The van der Waals surface area contributed by atoms with E-state index in [4.69, 9.17) is 0 Å². The largest absolute Gasteiger partial charge is 0.324 e. The molecular weight excluding hydrogens is 278 g/mol. The fourth-order valence-electron chi connectivity index (χ4n) is 2.57. The van der Waals surface area contributed by atoms with Crippen molar-refractivity contribution >= 4 is 11.9 Å². The molecule has 5 heteroatoms. The molecule has 0 saturated heterocycles. The van der Waals surface area contributed by atoms with Gasteiger partial charge in [-0.3, -0.25) is 15.1 Å². The molecule has 0 saturated carbocycles. The highest BCUT2D eigenvalue weighted by molar-refractivity contribution is 5.95. The highest BCUT2D eigenvalue weighted by Gasteiger charge is 2.24. The van der Waals surface area contributed by atoms with Gasteiger partial charge in [0, 0.05) is 25.0 Å². The summed E-state index contributed by atoms with van der Waals surface area (Å²) in [5.74, 6) is -0.290. The van der Waals surface area contributed by atoms with E-state index >= 15 is 0 Å². The van der Waals surface area contributed by atoms with Gasteiger partial charge in [-0.25, -0.2) is 4.79 Å². The van der Waals surface area contributed by atoms with Crippen molar-refractivity contribution in [1.29, 1.82) is 0 Å². The third kappa shape index (κ3) is 3.14. The van der Waals surface area contributed by atoms with E-state index in [1.807, 2.05) is 43.3 Å². The first-order valence-corrected chi connectivity index (χ1v) is 7.19. The van der Waals surface area contributed by atoms with E-state index in [-0.39, 0.29) is 18.4 Å². The van der Waals surface area contributed by atoms with Crippen LogP contribution in [0.15, 0.2) is 42.6 Å². The monoisotopic (exact) mass is 295 g/mol. The second-order valence-electron chi connectivity index (χ2n) is 5.47. The van der Waals surface area contributed by atoms with Crippen LogP contribution in [0.3, 0.4) is 0 Å². The van der Waals surface area contributed by atoms with Crippen LogP contribution in [0.25, 0.3) is 0 Å². The number of aromatic nitrogens is 1.